The molecule has 0 aromatic carbocycles. The van der Waals surface area contributed by atoms with Gasteiger partial charge in [0, 0.05) is 18.4 Å². The van der Waals surface area contributed by atoms with E-state index in [2.05, 4.69) is 10.2 Å². The lowest BCUT2D eigenvalue weighted by Gasteiger charge is -1.93. The first kappa shape index (κ1) is 10.2. The molecule has 0 aliphatic carbocycles. The summed E-state index contributed by atoms with van der Waals surface area (Å²) < 4.78 is 5.12. The zero-order chi connectivity index (χ0) is 8.53. The van der Waals surface area contributed by atoms with Crippen molar-refractivity contribution in [3.8, 4) is 0 Å². The molecule has 1 rings (SSSR count). The summed E-state index contributed by atoms with van der Waals surface area (Å²) in [4.78, 5) is 0. The predicted molar refractivity (Wildman–Crippen MR) is 45.3 cm³/mol. The van der Waals surface area contributed by atoms with E-state index in [1.165, 1.54) is 0 Å². The number of aromatic amines is 1. The molecule has 0 unspecified atom stereocenters. The first-order valence-corrected chi connectivity index (χ1v) is 3.99. The highest BCUT2D eigenvalue weighted by Crippen LogP contribution is 1.94. The van der Waals surface area contributed by atoms with E-state index < -0.39 is 0 Å². The second-order valence-electron chi connectivity index (χ2n) is 1.74. The van der Waals surface area contributed by atoms with E-state index in [9.17, 15) is 0 Å². The maximum absolute atomic E-state index is 5.12. The molecule has 0 saturated heterocycles. The monoisotopic (exact) mass is 156 g/mol. The van der Waals surface area contributed by atoms with Gasteiger partial charge in [-0.25, -0.2) is 0 Å². The van der Waals surface area contributed by atoms with E-state index in [4.69, 9.17) is 4.74 Å². The molecule has 0 bridgehead atoms. The fourth-order valence-electron chi connectivity index (χ4n) is 0.576. The van der Waals surface area contributed by atoms with Crippen molar-refractivity contribution in [3.05, 3.63) is 18.0 Å². The van der Waals surface area contributed by atoms with E-state index >= 15 is 0 Å². The van der Waals surface area contributed by atoms with Gasteiger partial charge in [0.2, 0.25) is 0 Å². The summed E-state index contributed by atoms with van der Waals surface area (Å²) in [6.07, 6.45) is 3.59. The van der Waals surface area contributed by atoms with Gasteiger partial charge in [0.05, 0.1) is 12.8 Å². The SMILES string of the molecule is CC.CCOCc1cn[nH]c1. The molecular weight excluding hydrogens is 140 g/mol. The van der Waals surface area contributed by atoms with E-state index in [0.717, 1.165) is 12.2 Å². The molecule has 0 aliphatic heterocycles. The van der Waals surface area contributed by atoms with Crippen molar-refractivity contribution < 1.29 is 4.74 Å². The zero-order valence-corrected chi connectivity index (χ0v) is 7.42. The van der Waals surface area contributed by atoms with Crippen LogP contribution >= 0.6 is 0 Å². The summed E-state index contributed by atoms with van der Waals surface area (Å²) in [6.45, 7) is 7.39. The molecule has 0 spiro atoms. The Morgan fingerprint density at radius 1 is 1.55 bits per heavy atom. The van der Waals surface area contributed by atoms with E-state index in [1.807, 2.05) is 27.0 Å². The molecule has 3 nitrogen and oxygen atoms in total. The molecule has 0 fully saturated rings. The molecule has 3 heteroatoms. The normalized spacial score (nSPS) is 8.64. The maximum Gasteiger partial charge on any atom is 0.0747 e. The molecular formula is C8H16N2O. The first-order valence-electron chi connectivity index (χ1n) is 3.99. The van der Waals surface area contributed by atoms with Gasteiger partial charge in [0.25, 0.3) is 0 Å². The molecule has 0 radical (unpaired) electrons. The van der Waals surface area contributed by atoms with Crippen molar-refractivity contribution in [2.45, 2.75) is 27.4 Å². The quantitative estimate of drug-likeness (QED) is 0.726. The molecule has 0 saturated carbocycles. The largest absolute Gasteiger partial charge is 0.377 e. The summed E-state index contributed by atoms with van der Waals surface area (Å²) in [5, 5.41) is 6.48. The van der Waals surface area contributed by atoms with Crippen LogP contribution in [0.5, 0.6) is 0 Å². The average Bonchev–Trinajstić information content (AvgIpc) is 2.57. The number of hydrogen-bond donors (Lipinski definition) is 1. The molecule has 64 valence electrons. The van der Waals surface area contributed by atoms with Crippen LogP contribution in [0, 0.1) is 0 Å². The highest BCUT2D eigenvalue weighted by atomic mass is 16.5. The second-order valence-corrected chi connectivity index (χ2v) is 1.74. The molecule has 1 N–H and O–H groups in total. The maximum atomic E-state index is 5.12. The first-order chi connectivity index (χ1) is 5.43. The standard InChI is InChI=1S/C6H10N2O.C2H6/c1-2-9-5-6-3-7-8-4-6;1-2/h3-4H,2,5H2,1H3,(H,7,8);1-2H3. The Morgan fingerprint density at radius 2 is 2.27 bits per heavy atom. The number of H-pyrrole nitrogens is 1. The number of hydrogen-bond acceptors (Lipinski definition) is 2. The molecule has 1 aromatic rings. The zero-order valence-electron chi connectivity index (χ0n) is 7.42. The van der Waals surface area contributed by atoms with Crippen molar-refractivity contribution in [1.29, 1.82) is 0 Å². The van der Waals surface area contributed by atoms with Crippen molar-refractivity contribution >= 4 is 0 Å². The number of ether oxygens (including phenoxy) is 1. The molecule has 0 atom stereocenters. The highest BCUT2D eigenvalue weighted by Gasteiger charge is 1.89. The summed E-state index contributed by atoms with van der Waals surface area (Å²) >= 11 is 0. The fourth-order valence-corrected chi connectivity index (χ4v) is 0.576. The van der Waals surface area contributed by atoms with Crippen LogP contribution < -0.4 is 0 Å². The van der Waals surface area contributed by atoms with Crippen LogP contribution in [0.3, 0.4) is 0 Å². The smallest absolute Gasteiger partial charge is 0.0747 e. The topological polar surface area (TPSA) is 37.9 Å². The van der Waals surface area contributed by atoms with Crippen LogP contribution in [-0.2, 0) is 11.3 Å². The Hall–Kier alpha value is -0.830. The van der Waals surface area contributed by atoms with Gasteiger partial charge < -0.3 is 4.74 Å². The van der Waals surface area contributed by atoms with Crippen molar-refractivity contribution in [2.75, 3.05) is 6.61 Å². The summed E-state index contributed by atoms with van der Waals surface area (Å²) in [6, 6.07) is 0. The van der Waals surface area contributed by atoms with Gasteiger partial charge in [-0.3, -0.25) is 5.10 Å². The molecule has 1 heterocycles. The Kier molecular flexibility index (Phi) is 6.73. The third-order valence-electron chi connectivity index (χ3n) is 1.03. The van der Waals surface area contributed by atoms with Gasteiger partial charge in [-0.15, -0.1) is 0 Å². The minimum atomic E-state index is 0.660. The van der Waals surface area contributed by atoms with Crippen molar-refractivity contribution in [2.24, 2.45) is 0 Å². The number of nitrogens with one attached hydrogen (secondary N) is 1. The second kappa shape index (κ2) is 7.28. The van der Waals surface area contributed by atoms with Crippen LogP contribution in [0.2, 0.25) is 0 Å². The van der Waals surface area contributed by atoms with E-state index in [0.29, 0.717) is 6.61 Å². The van der Waals surface area contributed by atoms with Crippen molar-refractivity contribution in [3.63, 3.8) is 0 Å². The third-order valence-corrected chi connectivity index (χ3v) is 1.03. The van der Waals surface area contributed by atoms with E-state index in [-0.39, 0.29) is 0 Å². The Balaban J connectivity index is 0.000000461. The van der Waals surface area contributed by atoms with Gasteiger partial charge in [-0.2, -0.15) is 5.10 Å². The number of aromatic nitrogens is 2. The summed E-state index contributed by atoms with van der Waals surface area (Å²) in [7, 11) is 0. The molecule has 1 aromatic heterocycles. The Bertz CT molecular complexity index is 149. The predicted octanol–water partition coefficient (Wildman–Crippen LogP) is 1.97. The van der Waals surface area contributed by atoms with Crippen LogP contribution in [0.25, 0.3) is 0 Å². The van der Waals surface area contributed by atoms with Gasteiger partial charge in [0.15, 0.2) is 0 Å². The lowest BCUT2D eigenvalue weighted by molar-refractivity contribution is 0.134. The van der Waals surface area contributed by atoms with Crippen LogP contribution in [0.4, 0.5) is 0 Å². The van der Waals surface area contributed by atoms with Crippen LogP contribution in [0.15, 0.2) is 12.4 Å². The lowest BCUT2D eigenvalue weighted by atomic mass is 10.4. The molecule has 11 heavy (non-hydrogen) atoms. The van der Waals surface area contributed by atoms with Crippen molar-refractivity contribution in [1.82, 2.24) is 10.2 Å². The van der Waals surface area contributed by atoms with Gasteiger partial charge in [0.1, 0.15) is 0 Å². The summed E-state index contributed by atoms with van der Waals surface area (Å²) in [5.41, 5.74) is 1.09. The minimum Gasteiger partial charge on any atom is -0.377 e. The lowest BCUT2D eigenvalue weighted by Crippen LogP contribution is -1.88. The minimum absolute atomic E-state index is 0.660. The van der Waals surface area contributed by atoms with Crippen LogP contribution in [0.1, 0.15) is 26.3 Å². The number of rotatable bonds is 3. The van der Waals surface area contributed by atoms with Gasteiger partial charge in [-0.05, 0) is 6.92 Å². The molecule has 0 amide bonds. The Labute approximate surface area is 67.8 Å². The van der Waals surface area contributed by atoms with E-state index in [1.54, 1.807) is 6.20 Å². The van der Waals surface area contributed by atoms with Crippen LogP contribution in [-0.4, -0.2) is 16.8 Å². The number of nitrogens with zero attached hydrogens (tertiary/aromatic N) is 1. The average molecular weight is 156 g/mol. The molecule has 0 aliphatic rings. The summed E-state index contributed by atoms with van der Waals surface area (Å²) in [5.74, 6) is 0. The fraction of sp³-hybridized carbons (Fsp3) is 0.625. The third kappa shape index (κ3) is 4.56. The van der Waals surface area contributed by atoms with Gasteiger partial charge in [-0.1, -0.05) is 13.8 Å². The van der Waals surface area contributed by atoms with Gasteiger partial charge >= 0.3 is 0 Å². The highest BCUT2D eigenvalue weighted by molar-refractivity contribution is 4.99. The Morgan fingerprint density at radius 3 is 2.73 bits per heavy atom.